The predicted molar refractivity (Wildman–Crippen MR) is 151 cm³/mol. The number of hydrogen-bond donors (Lipinski definition) is 0. The second-order valence-corrected chi connectivity index (χ2v) is 10.5. The van der Waals surface area contributed by atoms with E-state index in [-0.39, 0.29) is 5.69 Å². The van der Waals surface area contributed by atoms with E-state index in [1.807, 2.05) is 95.9 Å². The fraction of sp³-hybridized carbons (Fsp3) is 0.147. The van der Waals surface area contributed by atoms with Gasteiger partial charge in [-0.2, -0.15) is 0 Å². The SMILES string of the molecule is O=C(OC(c1ccccc1)c1ccccc1)[C@@H]1[C@@H]2C(=O)N(c3ccc(F)cc3)C(=O)[C@@H]2[C@@H]2c3ccccc3C=CN12. The normalized spacial score (nSPS) is 22.5. The third-order valence-electron chi connectivity index (χ3n) is 8.23. The summed E-state index contributed by atoms with van der Waals surface area (Å²) in [6.07, 6.45) is 2.98. The molecule has 7 rings (SSSR count). The van der Waals surface area contributed by atoms with E-state index in [1.54, 1.807) is 6.20 Å². The van der Waals surface area contributed by atoms with Crippen molar-refractivity contribution in [2.75, 3.05) is 4.90 Å². The molecule has 6 nitrogen and oxygen atoms in total. The van der Waals surface area contributed by atoms with Gasteiger partial charge in [0.25, 0.3) is 0 Å². The third kappa shape index (κ3) is 4.04. The first-order valence-electron chi connectivity index (χ1n) is 13.5. The Balaban J connectivity index is 1.31. The zero-order valence-corrected chi connectivity index (χ0v) is 21.8. The first-order chi connectivity index (χ1) is 20.0. The van der Waals surface area contributed by atoms with Crippen LogP contribution in [0.1, 0.15) is 34.4 Å². The number of esters is 1. The molecule has 2 amide bonds. The van der Waals surface area contributed by atoms with Gasteiger partial charge in [0, 0.05) is 6.20 Å². The van der Waals surface area contributed by atoms with E-state index < -0.39 is 53.6 Å². The van der Waals surface area contributed by atoms with Crippen molar-refractivity contribution >= 4 is 29.5 Å². The molecule has 0 unspecified atom stereocenters. The molecule has 4 aromatic carbocycles. The van der Waals surface area contributed by atoms with Gasteiger partial charge in [0.15, 0.2) is 6.10 Å². The lowest BCUT2D eigenvalue weighted by atomic mass is 9.84. The predicted octanol–water partition coefficient (Wildman–Crippen LogP) is 5.67. The van der Waals surface area contributed by atoms with E-state index in [9.17, 15) is 18.8 Å². The van der Waals surface area contributed by atoms with Gasteiger partial charge in [-0.1, -0.05) is 84.9 Å². The number of anilines is 1. The molecule has 41 heavy (non-hydrogen) atoms. The highest BCUT2D eigenvalue weighted by molar-refractivity contribution is 6.23. The summed E-state index contributed by atoms with van der Waals surface area (Å²) in [6, 6.07) is 30.2. The van der Waals surface area contributed by atoms with Crippen LogP contribution in [0.15, 0.2) is 115 Å². The Kier molecular flexibility index (Phi) is 6.00. The fourth-order valence-electron chi connectivity index (χ4n) is 6.44. The van der Waals surface area contributed by atoms with E-state index in [0.29, 0.717) is 0 Å². The number of carbonyl (C=O) groups is 3. The van der Waals surface area contributed by atoms with Crippen LogP contribution in [-0.2, 0) is 19.1 Å². The van der Waals surface area contributed by atoms with Crippen molar-refractivity contribution in [1.29, 1.82) is 0 Å². The quantitative estimate of drug-likeness (QED) is 0.239. The first kappa shape index (κ1) is 25.0. The molecule has 0 saturated carbocycles. The van der Waals surface area contributed by atoms with E-state index in [4.69, 9.17) is 4.74 Å². The number of fused-ring (bicyclic) bond motifs is 5. The number of rotatable bonds is 5. The second-order valence-electron chi connectivity index (χ2n) is 10.5. The number of nitrogens with zero attached hydrogens (tertiary/aromatic N) is 2. The Labute approximate surface area is 236 Å². The van der Waals surface area contributed by atoms with Crippen LogP contribution in [0, 0.1) is 17.7 Å². The summed E-state index contributed by atoms with van der Waals surface area (Å²) >= 11 is 0. The summed E-state index contributed by atoms with van der Waals surface area (Å²) in [5.41, 5.74) is 3.65. The van der Waals surface area contributed by atoms with Crippen LogP contribution in [0.4, 0.5) is 10.1 Å². The zero-order valence-electron chi connectivity index (χ0n) is 21.8. The topological polar surface area (TPSA) is 66.9 Å². The van der Waals surface area contributed by atoms with Gasteiger partial charge in [-0.15, -0.1) is 0 Å². The standard InChI is InChI=1S/C34H25FN2O4/c35-24-15-17-25(18-16-24)37-32(38)27-28(33(37)39)30(36-20-19-21-9-7-8-14-26(21)29(27)36)34(40)41-31(22-10-3-1-4-11-22)23-12-5-2-6-13-23/h1-20,27-31H/t27-,28+,29-,30-/m0/s1. The molecule has 4 aromatic rings. The Bertz CT molecular complexity index is 1630. The molecular formula is C34H25FN2O4. The van der Waals surface area contributed by atoms with Crippen LogP contribution < -0.4 is 4.90 Å². The highest BCUT2D eigenvalue weighted by Gasteiger charge is 2.65. The summed E-state index contributed by atoms with van der Waals surface area (Å²) in [5.74, 6) is -3.77. The van der Waals surface area contributed by atoms with Crippen molar-refractivity contribution in [3.05, 3.63) is 143 Å². The lowest BCUT2D eigenvalue weighted by Gasteiger charge is -2.35. The van der Waals surface area contributed by atoms with Crippen LogP contribution in [0.2, 0.25) is 0 Å². The van der Waals surface area contributed by atoms with Gasteiger partial charge in [0.2, 0.25) is 11.8 Å². The third-order valence-corrected chi connectivity index (χ3v) is 8.23. The molecule has 0 bridgehead atoms. The molecule has 4 atom stereocenters. The van der Waals surface area contributed by atoms with Crippen molar-refractivity contribution < 1.29 is 23.5 Å². The summed E-state index contributed by atoms with van der Waals surface area (Å²) in [5, 5.41) is 0. The van der Waals surface area contributed by atoms with Crippen LogP contribution in [0.3, 0.4) is 0 Å². The number of carbonyl (C=O) groups excluding carboxylic acids is 3. The van der Waals surface area contributed by atoms with Crippen molar-refractivity contribution in [2.24, 2.45) is 11.8 Å². The fourth-order valence-corrected chi connectivity index (χ4v) is 6.44. The molecule has 0 radical (unpaired) electrons. The van der Waals surface area contributed by atoms with Crippen LogP contribution in [0.5, 0.6) is 0 Å². The maximum absolute atomic E-state index is 14.2. The van der Waals surface area contributed by atoms with E-state index in [1.165, 1.54) is 24.3 Å². The Morgan fingerprint density at radius 3 is 1.98 bits per heavy atom. The minimum absolute atomic E-state index is 0.278. The molecule has 2 fully saturated rings. The zero-order chi connectivity index (χ0) is 28.1. The largest absolute Gasteiger partial charge is 0.451 e. The molecule has 0 N–H and O–H groups in total. The van der Waals surface area contributed by atoms with Gasteiger partial charge in [-0.25, -0.2) is 14.1 Å². The molecule has 0 aliphatic carbocycles. The van der Waals surface area contributed by atoms with Crippen LogP contribution in [-0.4, -0.2) is 28.7 Å². The highest BCUT2D eigenvalue weighted by atomic mass is 19.1. The number of amides is 2. The lowest BCUT2D eigenvalue weighted by molar-refractivity contribution is -0.155. The van der Waals surface area contributed by atoms with Crippen molar-refractivity contribution in [3.8, 4) is 0 Å². The molecule has 0 spiro atoms. The number of ether oxygens (including phenoxy) is 1. The van der Waals surface area contributed by atoms with Crippen molar-refractivity contribution in [3.63, 3.8) is 0 Å². The van der Waals surface area contributed by atoms with E-state index >= 15 is 0 Å². The minimum Gasteiger partial charge on any atom is -0.451 e. The average molecular weight is 545 g/mol. The highest BCUT2D eigenvalue weighted by Crippen LogP contribution is 2.53. The number of benzene rings is 4. The van der Waals surface area contributed by atoms with Gasteiger partial charge in [-0.3, -0.25) is 9.59 Å². The molecule has 7 heteroatoms. The Morgan fingerprint density at radius 2 is 1.32 bits per heavy atom. The maximum atomic E-state index is 14.2. The number of halogens is 1. The summed E-state index contributed by atoms with van der Waals surface area (Å²) < 4.78 is 19.9. The molecule has 3 aliphatic rings. The van der Waals surface area contributed by atoms with Crippen molar-refractivity contribution in [2.45, 2.75) is 18.2 Å². The average Bonchev–Trinajstić information content (AvgIpc) is 3.49. The minimum atomic E-state index is -1.04. The van der Waals surface area contributed by atoms with Gasteiger partial charge in [0.1, 0.15) is 11.9 Å². The molecular weight excluding hydrogens is 519 g/mol. The summed E-state index contributed by atoms with van der Waals surface area (Å²) in [7, 11) is 0. The monoisotopic (exact) mass is 544 g/mol. The first-order valence-corrected chi connectivity index (χ1v) is 13.5. The number of hydrogen-bond acceptors (Lipinski definition) is 5. The molecule has 3 heterocycles. The van der Waals surface area contributed by atoms with Crippen molar-refractivity contribution in [1.82, 2.24) is 4.90 Å². The number of imide groups is 1. The lowest BCUT2D eigenvalue weighted by Crippen LogP contribution is -2.45. The molecule has 2 saturated heterocycles. The van der Waals surface area contributed by atoms with E-state index in [2.05, 4.69) is 0 Å². The Morgan fingerprint density at radius 1 is 0.732 bits per heavy atom. The second kappa shape index (κ2) is 9.86. The molecule has 0 aromatic heterocycles. The summed E-state index contributed by atoms with van der Waals surface area (Å²) in [4.78, 5) is 45.2. The molecule has 202 valence electrons. The Hall–Kier alpha value is -5.04. The van der Waals surface area contributed by atoms with Crippen LogP contribution in [0.25, 0.3) is 6.08 Å². The van der Waals surface area contributed by atoms with Gasteiger partial charge >= 0.3 is 5.97 Å². The van der Waals surface area contributed by atoms with Gasteiger partial charge in [0.05, 0.1) is 23.6 Å². The maximum Gasteiger partial charge on any atom is 0.330 e. The smallest absolute Gasteiger partial charge is 0.330 e. The van der Waals surface area contributed by atoms with Crippen LogP contribution >= 0.6 is 0 Å². The van der Waals surface area contributed by atoms with E-state index in [0.717, 1.165) is 27.2 Å². The molecule has 3 aliphatic heterocycles. The van der Waals surface area contributed by atoms with Gasteiger partial charge in [-0.05, 0) is 52.6 Å². The van der Waals surface area contributed by atoms with Gasteiger partial charge < -0.3 is 9.64 Å². The summed E-state index contributed by atoms with van der Waals surface area (Å²) in [6.45, 7) is 0.